The van der Waals surface area contributed by atoms with E-state index in [9.17, 15) is 14.4 Å². The quantitative estimate of drug-likeness (QED) is 0.781. The van der Waals surface area contributed by atoms with Crippen LogP contribution in [-0.2, 0) is 14.4 Å². The van der Waals surface area contributed by atoms with Crippen molar-refractivity contribution in [1.82, 2.24) is 14.7 Å². The van der Waals surface area contributed by atoms with Crippen molar-refractivity contribution < 1.29 is 14.4 Å². The molecule has 0 aliphatic carbocycles. The molecule has 0 aromatic heterocycles. The molecule has 136 valence electrons. The molecule has 2 rings (SSSR count). The van der Waals surface area contributed by atoms with E-state index in [1.165, 1.54) is 0 Å². The van der Waals surface area contributed by atoms with Crippen molar-refractivity contribution >= 4 is 17.7 Å². The van der Waals surface area contributed by atoms with Gasteiger partial charge >= 0.3 is 0 Å². The summed E-state index contributed by atoms with van der Waals surface area (Å²) in [5.41, 5.74) is 0. The third-order valence-electron chi connectivity index (χ3n) is 5.03. The van der Waals surface area contributed by atoms with Gasteiger partial charge in [0, 0.05) is 58.5 Å². The fourth-order valence-electron chi connectivity index (χ4n) is 3.57. The molecule has 0 spiro atoms. The van der Waals surface area contributed by atoms with Gasteiger partial charge in [-0.3, -0.25) is 14.4 Å². The smallest absolute Gasteiger partial charge is 0.225 e. The van der Waals surface area contributed by atoms with E-state index in [-0.39, 0.29) is 23.6 Å². The lowest BCUT2D eigenvalue weighted by atomic mass is 9.95. The van der Waals surface area contributed by atoms with Gasteiger partial charge in [0.1, 0.15) is 0 Å². The van der Waals surface area contributed by atoms with Crippen LogP contribution in [0, 0.1) is 11.8 Å². The molecule has 2 saturated heterocycles. The first-order chi connectivity index (χ1) is 11.4. The number of hydrogen-bond donors (Lipinski definition) is 0. The first-order valence-corrected chi connectivity index (χ1v) is 9.20. The zero-order valence-corrected chi connectivity index (χ0v) is 15.3. The van der Waals surface area contributed by atoms with Crippen molar-refractivity contribution in [2.45, 2.75) is 46.5 Å². The highest BCUT2D eigenvalue weighted by molar-refractivity contribution is 5.80. The molecular formula is C18H31N3O3. The molecule has 2 fully saturated rings. The maximum absolute atomic E-state index is 12.8. The Morgan fingerprint density at radius 3 is 2.04 bits per heavy atom. The number of nitrogens with zero attached hydrogens (tertiary/aromatic N) is 3. The third kappa shape index (κ3) is 4.95. The zero-order chi connectivity index (χ0) is 17.7. The van der Waals surface area contributed by atoms with E-state index in [0.29, 0.717) is 38.5 Å². The van der Waals surface area contributed by atoms with Gasteiger partial charge in [0.15, 0.2) is 0 Å². The predicted octanol–water partition coefficient (Wildman–Crippen LogP) is 1.35. The van der Waals surface area contributed by atoms with Gasteiger partial charge in [0.2, 0.25) is 17.7 Å². The minimum absolute atomic E-state index is 0.0264. The number of carbonyl (C=O) groups is 3. The molecule has 3 amide bonds. The fourth-order valence-corrected chi connectivity index (χ4v) is 3.57. The summed E-state index contributed by atoms with van der Waals surface area (Å²) in [5, 5.41) is 0. The molecule has 6 heteroatoms. The minimum atomic E-state index is 0.0264. The van der Waals surface area contributed by atoms with Gasteiger partial charge < -0.3 is 14.7 Å². The van der Waals surface area contributed by atoms with E-state index < -0.39 is 0 Å². The molecule has 0 bridgehead atoms. The van der Waals surface area contributed by atoms with E-state index >= 15 is 0 Å². The van der Waals surface area contributed by atoms with Crippen molar-refractivity contribution in [2.75, 3.05) is 39.3 Å². The molecule has 0 aromatic carbocycles. The van der Waals surface area contributed by atoms with Gasteiger partial charge in [-0.25, -0.2) is 0 Å². The Morgan fingerprint density at radius 1 is 0.875 bits per heavy atom. The number of amides is 3. The number of rotatable bonds is 3. The molecule has 2 aliphatic heterocycles. The van der Waals surface area contributed by atoms with Crippen molar-refractivity contribution in [1.29, 1.82) is 0 Å². The molecule has 6 nitrogen and oxygen atoms in total. The highest BCUT2D eigenvalue weighted by atomic mass is 16.2. The lowest BCUT2D eigenvalue weighted by molar-refractivity contribution is -0.140. The van der Waals surface area contributed by atoms with E-state index in [2.05, 4.69) is 13.8 Å². The molecule has 2 aliphatic rings. The predicted molar refractivity (Wildman–Crippen MR) is 92.2 cm³/mol. The third-order valence-corrected chi connectivity index (χ3v) is 5.03. The maximum Gasteiger partial charge on any atom is 0.225 e. The van der Waals surface area contributed by atoms with Crippen molar-refractivity contribution in [2.24, 2.45) is 11.8 Å². The molecule has 24 heavy (non-hydrogen) atoms. The summed E-state index contributed by atoms with van der Waals surface area (Å²) < 4.78 is 0. The van der Waals surface area contributed by atoms with Gasteiger partial charge in [-0.2, -0.15) is 0 Å². The first-order valence-electron chi connectivity index (χ1n) is 9.20. The summed E-state index contributed by atoms with van der Waals surface area (Å²) in [4.78, 5) is 42.0. The topological polar surface area (TPSA) is 60.9 Å². The molecule has 0 saturated carbocycles. The second kappa shape index (κ2) is 8.49. The Balaban J connectivity index is 1.84. The van der Waals surface area contributed by atoms with Crippen LogP contribution in [0.5, 0.6) is 0 Å². The Bertz CT molecular complexity index is 470. The van der Waals surface area contributed by atoms with Gasteiger partial charge in [0.05, 0.1) is 0 Å². The van der Waals surface area contributed by atoms with Gasteiger partial charge in [-0.1, -0.05) is 13.8 Å². The SMILES string of the molecule is CC(=O)N1CCC(C(=O)N2CCCN(C(=O)CC(C)C)CC2)CC1. The summed E-state index contributed by atoms with van der Waals surface area (Å²) in [6, 6.07) is 0. The summed E-state index contributed by atoms with van der Waals surface area (Å²) in [7, 11) is 0. The van der Waals surface area contributed by atoms with Crippen LogP contribution in [0.15, 0.2) is 0 Å². The molecular weight excluding hydrogens is 306 g/mol. The lowest BCUT2D eigenvalue weighted by Gasteiger charge is -2.33. The van der Waals surface area contributed by atoms with Crippen LogP contribution >= 0.6 is 0 Å². The second-order valence-electron chi connectivity index (χ2n) is 7.44. The van der Waals surface area contributed by atoms with Gasteiger partial charge in [-0.15, -0.1) is 0 Å². The van der Waals surface area contributed by atoms with Crippen molar-refractivity contribution in [3.63, 3.8) is 0 Å². The van der Waals surface area contributed by atoms with Gasteiger partial charge in [0.25, 0.3) is 0 Å². The van der Waals surface area contributed by atoms with Crippen LogP contribution in [0.2, 0.25) is 0 Å². The van der Waals surface area contributed by atoms with Crippen molar-refractivity contribution in [3.8, 4) is 0 Å². The number of hydrogen-bond acceptors (Lipinski definition) is 3. The van der Waals surface area contributed by atoms with Crippen LogP contribution < -0.4 is 0 Å². The second-order valence-corrected chi connectivity index (χ2v) is 7.44. The maximum atomic E-state index is 12.8. The molecule has 0 N–H and O–H groups in total. The number of carbonyl (C=O) groups excluding carboxylic acids is 3. The van der Waals surface area contributed by atoms with Crippen LogP contribution in [0.25, 0.3) is 0 Å². The molecule has 2 heterocycles. The summed E-state index contributed by atoms with van der Waals surface area (Å²) >= 11 is 0. The van der Waals surface area contributed by atoms with Gasteiger partial charge in [-0.05, 0) is 25.2 Å². The highest BCUT2D eigenvalue weighted by Gasteiger charge is 2.30. The lowest BCUT2D eigenvalue weighted by Crippen LogP contribution is -2.45. The number of likely N-dealkylation sites (tertiary alicyclic amines) is 1. The molecule has 0 atom stereocenters. The highest BCUT2D eigenvalue weighted by Crippen LogP contribution is 2.21. The largest absolute Gasteiger partial charge is 0.343 e. The van der Waals surface area contributed by atoms with E-state index in [4.69, 9.17) is 0 Å². The summed E-state index contributed by atoms with van der Waals surface area (Å²) in [6.07, 6.45) is 2.94. The molecule has 0 unspecified atom stereocenters. The number of piperidine rings is 1. The Morgan fingerprint density at radius 2 is 1.46 bits per heavy atom. The van der Waals surface area contributed by atoms with Crippen LogP contribution in [0.4, 0.5) is 0 Å². The van der Waals surface area contributed by atoms with Crippen LogP contribution in [-0.4, -0.2) is 71.7 Å². The van der Waals surface area contributed by atoms with E-state index in [1.54, 1.807) is 6.92 Å². The summed E-state index contributed by atoms with van der Waals surface area (Å²) in [5.74, 6) is 0.892. The van der Waals surface area contributed by atoms with Crippen LogP contribution in [0.1, 0.15) is 46.5 Å². The van der Waals surface area contributed by atoms with Crippen LogP contribution in [0.3, 0.4) is 0 Å². The normalized spacial score (nSPS) is 20.2. The Labute approximate surface area is 145 Å². The van der Waals surface area contributed by atoms with Crippen molar-refractivity contribution in [3.05, 3.63) is 0 Å². The molecule has 0 radical (unpaired) electrons. The van der Waals surface area contributed by atoms with E-state index in [0.717, 1.165) is 32.4 Å². The zero-order valence-electron chi connectivity index (χ0n) is 15.3. The average Bonchev–Trinajstić information content (AvgIpc) is 2.79. The fraction of sp³-hybridized carbons (Fsp3) is 0.833. The molecule has 0 aromatic rings. The minimum Gasteiger partial charge on any atom is -0.343 e. The standard InChI is InChI=1S/C18H31N3O3/c1-14(2)13-17(23)20-7-4-8-21(12-11-20)18(24)16-5-9-19(10-6-16)15(3)22/h14,16H,4-13H2,1-3H3. The Hall–Kier alpha value is -1.59. The average molecular weight is 337 g/mol. The van der Waals surface area contributed by atoms with E-state index in [1.807, 2.05) is 14.7 Å². The Kier molecular flexibility index (Phi) is 6.63. The monoisotopic (exact) mass is 337 g/mol. The summed E-state index contributed by atoms with van der Waals surface area (Å²) in [6.45, 7) is 9.81. The first kappa shape index (κ1) is 18.7.